The maximum atomic E-state index is 11.8. The lowest BCUT2D eigenvalue weighted by atomic mass is 9.96. The van der Waals surface area contributed by atoms with E-state index in [-0.39, 0.29) is 35.1 Å². The second-order valence-electron chi connectivity index (χ2n) is 6.84. The van der Waals surface area contributed by atoms with Crippen LogP contribution in [0.15, 0.2) is 35.3 Å². The van der Waals surface area contributed by atoms with Crippen molar-refractivity contribution in [3.63, 3.8) is 0 Å². The van der Waals surface area contributed by atoms with E-state index in [2.05, 4.69) is 34.9 Å². The van der Waals surface area contributed by atoms with E-state index in [1.807, 2.05) is 13.0 Å². The lowest BCUT2D eigenvalue weighted by Gasteiger charge is -2.18. The number of hydrogen-bond donors (Lipinski definition) is 2. The van der Waals surface area contributed by atoms with Gasteiger partial charge in [0, 0.05) is 31.6 Å². The van der Waals surface area contributed by atoms with Gasteiger partial charge < -0.3 is 10.6 Å². The Morgan fingerprint density at radius 1 is 1.23 bits per heavy atom. The van der Waals surface area contributed by atoms with Crippen LogP contribution < -0.4 is 10.6 Å². The van der Waals surface area contributed by atoms with Gasteiger partial charge in [-0.2, -0.15) is 0 Å². The first kappa shape index (κ1) is 21.4. The number of nitrogens with zero attached hydrogens (tertiary/aromatic N) is 2. The summed E-state index contributed by atoms with van der Waals surface area (Å²) in [6, 6.07) is 10.6. The molecule has 2 N–H and O–H groups in total. The van der Waals surface area contributed by atoms with E-state index in [0.29, 0.717) is 19.6 Å². The summed E-state index contributed by atoms with van der Waals surface area (Å²) in [4.78, 5) is 4.75. The molecule has 26 heavy (non-hydrogen) atoms. The zero-order chi connectivity index (χ0) is 17.8. The van der Waals surface area contributed by atoms with Crippen molar-refractivity contribution in [1.82, 2.24) is 14.9 Å². The molecule has 0 aromatic heterocycles. The van der Waals surface area contributed by atoms with Gasteiger partial charge in [0.2, 0.25) is 10.0 Å². The van der Waals surface area contributed by atoms with E-state index in [1.54, 1.807) is 4.31 Å². The minimum absolute atomic E-state index is 0. The Morgan fingerprint density at radius 2 is 1.96 bits per heavy atom. The minimum atomic E-state index is -3.03. The van der Waals surface area contributed by atoms with Gasteiger partial charge in [0.1, 0.15) is 0 Å². The quantitative estimate of drug-likeness (QED) is 0.347. The molecule has 0 unspecified atom stereocenters. The molecule has 146 valence electrons. The van der Waals surface area contributed by atoms with E-state index in [1.165, 1.54) is 18.4 Å². The highest BCUT2D eigenvalue weighted by Gasteiger charge is 2.44. The Hall–Kier alpha value is -0.870. The van der Waals surface area contributed by atoms with Gasteiger partial charge in [-0.05, 0) is 31.7 Å². The van der Waals surface area contributed by atoms with Crippen molar-refractivity contribution < 1.29 is 8.42 Å². The molecule has 0 bridgehead atoms. The van der Waals surface area contributed by atoms with Crippen LogP contribution in [0.5, 0.6) is 0 Å². The fourth-order valence-electron chi connectivity index (χ4n) is 3.29. The predicted molar refractivity (Wildman–Crippen MR) is 117 cm³/mol. The summed E-state index contributed by atoms with van der Waals surface area (Å²) in [5, 5.41) is 6.52. The van der Waals surface area contributed by atoms with E-state index < -0.39 is 10.0 Å². The highest BCUT2D eigenvalue weighted by Crippen LogP contribution is 2.48. The Bertz CT molecular complexity index is 705. The molecule has 1 aliphatic carbocycles. The number of guanidine groups is 1. The molecule has 1 heterocycles. The summed E-state index contributed by atoms with van der Waals surface area (Å²) < 4.78 is 25.2. The van der Waals surface area contributed by atoms with Gasteiger partial charge in [-0.3, -0.25) is 4.99 Å². The normalized spacial score (nSPS) is 21.0. The lowest BCUT2D eigenvalue weighted by molar-refractivity contribution is 0.445. The first-order valence-electron chi connectivity index (χ1n) is 9.11. The molecular weight excluding hydrogens is 463 g/mol. The highest BCUT2D eigenvalue weighted by molar-refractivity contribution is 14.0. The molecule has 8 heteroatoms. The highest BCUT2D eigenvalue weighted by atomic mass is 127. The Balaban J connectivity index is 0.00000243. The van der Waals surface area contributed by atoms with Gasteiger partial charge in [0.25, 0.3) is 0 Å². The maximum absolute atomic E-state index is 11.8. The van der Waals surface area contributed by atoms with Crippen LogP contribution >= 0.6 is 24.0 Å². The summed E-state index contributed by atoms with van der Waals surface area (Å²) >= 11 is 0. The van der Waals surface area contributed by atoms with Crippen molar-refractivity contribution in [2.45, 2.75) is 31.6 Å². The standard InChI is InChI=1S/C18H28N4O2S.HI/c1-2-19-17(20-11-13-22-12-6-14-25(22,23)24)21-15-18(9-10-18)16-7-4-3-5-8-16;/h3-5,7-8H,2,6,9-15H2,1H3,(H2,19,20,21);1H. The summed E-state index contributed by atoms with van der Waals surface area (Å²) in [6.07, 6.45) is 3.08. The van der Waals surface area contributed by atoms with Crippen LogP contribution in [0.25, 0.3) is 0 Å². The smallest absolute Gasteiger partial charge is 0.214 e. The van der Waals surface area contributed by atoms with Crippen molar-refractivity contribution in [1.29, 1.82) is 0 Å². The molecule has 1 aliphatic heterocycles. The monoisotopic (exact) mass is 492 g/mol. The molecule has 3 rings (SSSR count). The maximum Gasteiger partial charge on any atom is 0.214 e. The average Bonchev–Trinajstić information content (AvgIpc) is 3.33. The Kier molecular flexibility index (Phi) is 7.72. The van der Waals surface area contributed by atoms with Gasteiger partial charge in [-0.25, -0.2) is 12.7 Å². The largest absolute Gasteiger partial charge is 0.357 e. The van der Waals surface area contributed by atoms with Crippen molar-refractivity contribution in [2.75, 3.05) is 38.5 Å². The van der Waals surface area contributed by atoms with Crippen molar-refractivity contribution in [3.8, 4) is 0 Å². The zero-order valence-corrected chi connectivity index (χ0v) is 18.4. The van der Waals surface area contributed by atoms with Crippen LogP contribution in [0.1, 0.15) is 31.7 Å². The SMILES string of the molecule is CCNC(=NCC1(c2ccccc2)CC1)NCCN1CCCS1(=O)=O.I. The number of aliphatic imine (C=N–C) groups is 1. The number of rotatable bonds is 7. The van der Waals surface area contributed by atoms with Gasteiger partial charge >= 0.3 is 0 Å². The summed E-state index contributed by atoms with van der Waals surface area (Å²) in [5.41, 5.74) is 1.54. The molecule has 2 fully saturated rings. The molecule has 1 saturated carbocycles. The number of halogens is 1. The van der Waals surface area contributed by atoms with Gasteiger partial charge in [-0.15, -0.1) is 24.0 Å². The van der Waals surface area contributed by atoms with E-state index >= 15 is 0 Å². The zero-order valence-electron chi connectivity index (χ0n) is 15.3. The third-order valence-corrected chi connectivity index (χ3v) is 6.94. The molecule has 0 spiro atoms. The number of sulfonamides is 1. The topological polar surface area (TPSA) is 73.8 Å². The lowest BCUT2D eigenvalue weighted by Crippen LogP contribution is -2.42. The average molecular weight is 492 g/mol. The van der Waals surface area contributed by atoms with Gasteiger partial charge in [0.05, 0.1) is 12.3 Å². The van der Waals surface area contributed by atoms with Gasteiger partial charge in [-0.1, -0.05) is 30.3 Å². The third kappa shape index (κ3) is 5.32. The van der Waals surface area contributed by atoms with E-state index in [4.69, 9.17) is 4.99 Å². The molecular formula is C18H29IN4O2S. The summed E-state index contributed by atoms with van der Waals surface area (Å²) in [5.74, 6) is 1.04. The molecule has 1 saturated heterocycles. The first-order chi connectivity index (χ1) is 12.1. The van der Waals surface area contributed by atoms with Crippen molar-refractivity contribution >= 4 is 40.0 Å². The minimum Gasteiger partial charge on any atom is -0.357 e. The number of nitrogens with one attached hydrogen (secondary N) is 2. The number of benzene rings is 1. The van der Waals surface area contributed by atoms with Crippen molar-refractivity contribution in [2.24, 2.45) is 4.99 Å². The first-order valence-corrected chi connectivity index (χ1v) is 10.7. The van der Waals surface area contributed by atoms with E-state index in [0.717, 1.165) is 25.5 Å². The molecule has 1 aromatic rings. The van der Waals surface area contributed by atoms with Crippen LogP contribution in [0, 0.1) is 0 Å². The third-order valence-electron chi connectivity index (χ3n) is 4.98. The molecule has 0 amide bonds. The second kappa shape index (κ2) is 9.36. The van der Waals surface area contributed by atoms with Crippen molar-refractivity contribution in [3.05, 3.63) is 35.9 Å². The predicted octanol–water partition coefficient (Wildman–Crippen LogP) is 1.93. The fraction of sp³-hybridized carbons (Fsp3) is 0.611. The molecule has 1 aromatic carbocycles. The van der Waals surface area contributed by atoms with Crippen LogP contribution in [0.3, 0.4) is 0 Å². The van der Waals surface area contributed by atoms with Crippen LogP contribution in [-0.2, 0) is 15.4 Å². The molecule has 0 radical (unpaired) electrons. The van der Waals surface area contributed by atoms with Gasteiger partial charge in [0.15, 0.2) is 5.96 Å². The van der Waals surface area contributed by atoms with Crippen LogP contribution in [0.4, 0.5) is 0 Å². The van der Waals surface area contributed by atoms with Crippen LogP contribution in [0.2, 0.25) is 0 Å². The Labute approximate surface area is 173 Å². The summed E-state index contributed by atoms with van der Waals surface area (Å²) in [7, 11) is -3.03. The summed E-state index contributed by atoms with van der Waals surface area (Å²) in [6.45, 7) is 5.28. The number of hydrogen-bond acceptors (Lipinski definition) is 3. The molecule has 6 nitrogen and oxygen atoms in total. The fourth-order valence-corrected chi connectivity index (χ4v) is 4.82. The molecule has 0 atom stereocenters. The second-order valence-corrected chi connectivity index (χ2v) is 8.93. The van der Waals surface area contributed by atoms with Crippen LogP contribution in [-0.4, -0.2) is 57.2 Å². The van der Waals surface area contributed by atoms with E-state index in [9.17, 15) is 8.42 Å². The molecule has 2 aliphatic rings. The Morgan fingerprint density at radius 3 is 2.54 bits per heavy atom.